The number of cyclic esters (lactones) is 1. The van der Waals surface area contributed by atoms with Gasteiger partial charge in [0.1, 0.15) is 0 Å². The van der Waals surface area contributed by atoms with Gasteiger partial charge in [0.15, 0.2) is 0 Å². The first kappa shape index (κ1) is 10.9. The molecule has 0 radical (unpaired) electrons. The summed E-state index contributed by atoms with van der Waals surface area (Å²) in [6, 6.07) is 0. The van der Waals surface area contributed by atoms with E-state index < -0.39 is 12.4 Å². The van der Waals surface area contributed by atoms with Crippen molar-refractivity contribution in [1.29, 1.82) is 0 Å². The summed E-state index contributed by atoms with van der Waals surface area (Å²) >= 11 is 0. The molecule has 2 bridgehead atoms. The largest absolute Gasteiger partial charge is 0.424 e. The summed E-state index contributed by atoms with van der Waals surface area (Å²) in [5.74, 6) is 0.810. The molecule has 1 amide bonds. The first-order chi connectivity index (χ1) is 8.20. The molecule has 4 rings (SSSR count). The van der Waals surface area contributed by atoms with Crippen LogP contribution < -0.4 is 5.32 Å². The summed E-state index contributed by atoms with van der Waals surface area (Å²) in [6.45, 7) is 0. The normalized spacial score (nSPS) is 42.9. The first-order valence-electron chi connectivity index (χ1n) is 6.29. The average molecular weight is 239 g/mol. The zero-order valence-electron chi connectivity index (χ0n) is 9.85. The molecular formula is C12H17NO4. The van der Waals surface area contributed by atoms with Gasteiger partial charge in [0, 0.05) is 13.0 Å². The maximum absolute atomic E-state index is 11.8. The van der Waals surface area contributed by atoms with E-state index in [4.69, 9.17) is 9.47 Å². The molecule has 3 saturated carbocycles. The molecule has 3 unspecified atom stereocenters. The Morgan fingerprint density at radius 2 is 1.94 bits per heavy atom. The zero-order chi connectivity index (χ0) is 12.0. The van der Waals surface area contributed by atoms with Gasteiger partial charge in [0.2, 0.25) is 0 Å². The molecule has 17 heavy (non-hydrogen) atoms. The molecule has 4 fully saturated rings. The van der Waals surface area contributed by atoms with E-state index >= 15 is 0 Å². The second kappa shape index (κ2) is 3.89. The Morgan fingerprint density at radius 1 is 1.29 bits per heavy atom. The summed E-state index contributed by atoms with van der Waals surface area (Å²) in [5, 5.41) is 2.39. The lowest BCUT2D eigenvalue weighted by molar-refractivity contribution is -0.157. The molecular weight excluding hydrogens is 222 g/mol. The number of fused-ring (bicyclic) bond motifs is 2. The number of nitrogens with one attached hydrogen (secondary N) is 1. The van der Waals surface area contributed by atoms with Gasteiger partial charge in [0.25, 0.3) is 6.29 Å². The standard InChI is InChI=1S/C12H17NO4/c1-13-12(15)17-11-9-7-4-2-6(3-5-7)8(9)10(14)16-11/h6-9,11H,2-5H2,1H3,(H,13,15). The van der Waals surface area contributed by atoms with Crippen molar-refractivity contribution < 1.29 is 19.1 Å². The maximum atomic E-state index is 11.8. The van der Waals surface area contributed by atoms with Gasteiger partial charge in [0.05, 0.1) is 5.92 Å². The van der Waals surface area contributed by atoms with Crippen molar-refractivity contribution in [2.24, 2.45) is 23.7 Å². The summed E-state index contributed by atoms with van der Waals surface area (Å²) in [4.78, 5) is 23.1. The minimum Gasteiger partial charge on any atom is -0.424 e. The van der Waals surface area contributed by atoms with Crippen LogP contribution in [-0.2, 0) is 14.3 Å². The fraction of sp³-hybridized carbons (Fsp3) is 0.833. The molecule has 0 spiro atoms. The van der Waals surface area contributed by atoms with Gasteiger partial charge < -0.3 is 14.8 Å². The molecule has 5 nitrogen and oxygen atoms in total. The van der Waals surface area contributed by atoms with Crippen molar-refractivity contribution in [3.63, 3.8) is 0 Å². The Kier molecular flexibility index (Phi) is 2.49. The van der Waals surface area contributed by atoms with Gasteiger partial charge in [-0.3, -0.25) is 4.79 Å². The third-order valence-corrected chi connectivity index (χ3v) is 4.53. The van der Waals surface area contributed by atoms with Crippen LogP contribution in [-0.4, -0.2) is 25.4 Å². The Bertz CT molecular complexity index is 348. The van der Waals surface area contributed by atoms with Crippen LogP contribution in [0.15, 0.2) is 0 Å². The van der Waals surface area contributed by atoms with E-state index in [0.29, 0.717) is 11.8 Å². The number of amides is 1. The van der Waals surface area contributed by atoms with Gasteiger partial charge in [-0.1, -0.05) is 0 Å². The highest BCUT2D eigenvalue weighted by Crippen LogP contribution is 2.54. The van der Waals surface area contributed by atoms with E-state index in [0.717, 1.165) is 25.7 Å². The Morgan fingerprint density at radius 3 is 2.59 bits per heavy atom. The van der Waals surface area contributed by atoms with Gasteiger partial charge in [-0.15, -0.1) is 0 Å². The maximum Gasteiger partial charge on any atom is 0.409 e. The van der Waals surface area contributed by atoms with E-state index in [9.17, 15) is 9.59 Å². The highest BCUT2D eigenvalue weighted by atomic mass is 16.7. The second-order valence-corrected chi connectivity index (χ2v) is 5.24. The van der Waals surface area contributed by atoms with E-state index in [2.05, 4.69) is 5.32 Å². The lowest BCUT2D eigenvalue weighted by atomic mass is 9.59. The van der Waals surface area contributed by atoms with Crippen LogP contribution in [0.25, 0.3) is 0 Å². The topological polar surface area (TPSA) is 64.6 Å². The van der Waals surface area contributed by atoms with Crippen LogP contribution in [0, 0.1) is 23.7 Å². The number of hydrogen-bond donors (Lipinski definition) is 1. The monoisotopic (exact) mass is 239 g/mol. The zero-order valence-corrected chi connectivity index (χ0v) is 9.85. The van der Waals surface area contributed by atoms with Crippen molar-refractivity contribution in [1.82, 2.24) is 5.32 Å². The number of carbonyl (C=O) groups excluding carboxylic acids is 2. The fourth-order valence-corrected chi connectivity index (χ4v) is 3.78. The molecule has 5 heteroatoms. The minimum atomic E-state index is -0.666. The van der Waals surface area contributed by atoms with Crippen molar-refractivity contribution in [2.45, 2.75) is 32.0 Å². The van der Waals surface area contributed by atoms with Crippen LogP contribution in [0.5, 0.6) is 0 Å². The molecule has 4 aliphatic rings. The summed E-state index contributed by atoms with van der Waals surface area (Å²) < 4.78 is 10.4. The predicted molar refractivity (Wildman–Crippen MR) is 57.8 cm³/mol. The van der Waals surface area contributed by atoms with E-state index in [1.54, 1.807) is 0 Å². The molecule has 0 aromatic rings. The van der Waals surface area contributed by atoms with Crippen molar-refractivity contribution in [3.05, 3.63) is 0 Å². The van der Waals surface area contributed by atoms with Crippen LogP contribution >= 0.6 is 0 Å². The summed E-state index contributed by atoms with van der Waals surface area (Å²) in [5.41, 5.74) is 0. The lowest BCUT2D eigenvalue weighted by Crippen LogP contribution is -2.44. The molecule has 0 aromatic heterocycles. The highest BCUT2D eigenvalue weighted by Gasteiger charge is 2.57. The second-order valence-electron chi connectivity index (χ2n) is 5.24. The number of carbonyl (C=O) groups is 2. The Balaban J connectivity index is 1.80. The molecule has 94 valence electrons. The summed E-state index contributed by atoms with van der Waals surface area (Å²) in [7, 11) is 1.50. The molecule has 0 aromatic carbocycles. The number of hydrogen-bond acceptors (Lipinski definition) is 4. The molecule has 1 N–H and O–H groups in total. The number of alkyl carbamates (subject to hydrolysis) is 1. The summed E-state index contributed by atoms with van der Waals surface area (Å²) in [6.07, 6.45) is 3.32. The Labute approximate surface area is 99.8 Å². The molecule has 3 atom stereocenters. The SMILES string of the molecule is CNC(=O)OC1OC(=O)C2C3CCC(CC3)C12. The molecule has 1 saturated heterocycles. The fourth-order valence-electron chi connectivity index (χ4n) is 3.78. The minimum absolute atomic E-state index is 0.0304. The average Bonchev–Trinajstić information content (AvgIpc) is 2.70. The van der Waals surface area contributed by atoms with E-state index in [1.165, 1.54) is 7.05 Å². The molecule has 1 heterocycles. The van der Waals surface area contributed by atoms with Crippen molar-refractivity contribution >= 4 is 12.1 Å². The smallest absolute Gasteiger partial charge is 0.409 e. The first-order valence-corrected chi connectivity index (χ1v) is 6.29. The number of ether oxygens (including phenoxy) is 2. The molecule has 1 aliphatic heterocycles. The molecule has 3 aliphatic carbocycles. The van der Waals surface area contributed by atoms with Crippen LogP contribution in [0.1, 0.15) is 25.7 Å². The van der Waals surface area contributed by atoms with Gasteiger partial charge in [-0.25, -0.2) is 4.79 Å². The van der Waals surface area contributed by atoms with Gasteiger partial charge in [-0.05, 0) is 37.5 Å². The number of rotatable bonds is 1. The quantitative estimate of drug-likeness (QED) is 0.700. The van der Waals surface area contributed by atoms with E-state index in [1.807, 2.05) is 0 Å². The van der Waals surface area contributed by atoms with Gasteiger partial charge in [-0.2, -0.15) is 0 Å². The van der Waals surface area contributed by atoms with Crippen LogP contribution in [0.3, 0.4) is 0 Å². The van der Waals surface area contributed by atoms with Crippen molar-refractivity contribution in [3.8, 4) is 0 Å². The predicted octanol–water partition coefficient (Wildman–Crippen LogP) is 1.28. The van der Waals surface area contributed by atoms with Crippen LogP contribution in [0.4, 0.5) is 4.79 Å². The van der Waals surface area contributed by atoms with Crippen LogP contribution in [0.2, 0.25) is 0 Å². The van der Waals surface area contributed by atoms with Gasteiger partial charge >= 0.3 is 12.1 Å². The Hall–Kier alpha value is -1.26. The lowest BCUT2D eigenvalue weighted by Gasteiger charge is -2.43. The highest BCUT2D eigenvalue weighted by molar-refractivity contribution is 5.76. The third-order valence-electron chi connectivity index (χ3n) is 4.53. The number of esters is 1. The third kappa shape index (κ3) is 1.59. The van der Waals surface area contributed by atoms with E-state index in [-0.39, 0.29) is 17.8 Å². The van der Waals surface area contributed by atoms with Crippen molar-refractivity contribution in [2.75, 3.05) is 7.05 Å².